The fourth-order valence-corrected chi connectivity index (χ4v) is 6.19. The van der Waals surface area contributed by atoms with Crippen molar-refractivity contribution in [2.75, 3.05) is 4.90 Å². The van der Waals surface area contributed by atoms with Gasteiger partial charge in [-0.05, 0) is 36.1 Å². The average Bonchev–Trinajstić information content (AvgIpc) is 3.20. The summed E-state index contributed by atoms with van der Waals surface area (Å²) < 4.78 is 25.5. The van der Waals surface area contributed by atoms with Crippen molar-refractivity contribution in [2.24, 2.45) is 11.8 Å². The number of fused-ring (bicyclic) bond motifs is 6. The fourth-order valence-electron chi connectivity index (χ4n) is 4.54. The van der Waals surface area contributed by atoms with E-state index in [2.05, 4.69) is 0 Å². The molecule has 4 heterocycles. The first-order chi connectivity index (χ1) is 10.9. The average molecular weight is 335 g/mol. The van der Waals surface area contributed by atoms with E-state index in [4.69, 9.17) is 4.74 Å². The summed E-state index contributed by atoms with van der Waals surface area (Å²) in [5, 5.41) is 0. The lowest BCUT2D eigenvalue weighted by Crippen LogP contribution is -2.34. The molecule has 4 atom stereocenters. The lowest BCUT2D eigenvalue weighted by Gasteiger charge is -2.25. The van der Waals surface area contributed by atoms with Gasteiger partial charge in [-0.1, -0.05) is 6.07 Å². The molecule has 0 saturated carbocycles. The molecule has 0 unspecified atom stereocenters. The largest absolute Gasteiger partial charge is 0.373 e. The molecule has 3 saturated heterocycles. The molecular formula is C16H17NO5S. The van der Waals surface area contributed by atoms with Crippen LogP contribution in [0.1, 0.15) is 24.0 Å². The monoisotopic (exact) mass is 335 g/mol. The van der Waals surface area contributed by atoms with Crippen LogP contribution in [-0.2, 0) is 25.8 Å². The third kappa shape index (κ3) is 1.82. The fraction of sp³-hybridized carbons (Fsp3) is 0.500. The van der Waals surface area contributed by atoms with E-state index in [1.807, 2.05) is 0 Å². The Balaban J connectivity index is 1.52. The Labute approximate surface area is 134 Å². The summed E-state index contributed by atoms with van der Waals surface area (Å²) in [4.78, 5) is 26.8. The maximum atomic E-state index is 12.7. The van der Waals surface area contributed by atoms with Crippen LogP contribution in [0.25, 0.3) is 0 Å². The minimum atomic E-state index is -2.60. The van der Waals surface area contributed by atoms with Crippen molar-refractivity contribution in [3.63, 3.8) is 0 Å². The highest BCUT2D eigenvalue weighted by Crippen LogP contribution is 2.54. The molecule has 0 aliphatic carbocycles. The van der Waals surface area contributed by atoms with Gasteiger partial charge in [-0.3, -0.25) is 18.7 Å². The number of imide groups is 1. The van der Waals surface area contributed by atoms with Gasteiger partial charge in [0.1, 0.15) is 0 Å². The van der Waals surface area contributed by atoms with Crippen molar-refractivity contribution in [3.05, 3.63) is 29.3 Å². The molecule has 0 aromatic heterocycles. The van der Waals surface area contributed by atoms with Crippen LogP contribution in [-0.4, -0.2) is 33.1 Å². The summed E-state index contributed by atoms with van der Waals surface area (Å²) >= 11 is 0. The van der Waals surface area contributed by atoms with E-state index in [9.17, 15) is 18.7 Å². The third-order valence-electron chi connectivity index (χ3n) is 5.51. The number of carbonyl (C=O) groups is 2. The molecule has 1 aromatic rings. The Hall–Kier alpha value is -1.41. The number of rotatable bonds is 1. The standard InChI is InChI=1S/C16H17NO5S/c18-15-13-11-3-4-12(22-11)14(13)16(19)17(15)10-2-1-8-6-23(20,21)7-9(8)5-10/h1-2,5,11-14,20-21H,3-4,6-7H2/t11-,12+,13-,14+. The van der Waals surface area contributed by atoms with Crippen molar-refractivity contribution in [2.45, 2.75) is 36.6 Å². The van der Waals surface area contributed by atoms with Crippen LogP contribution in [0.3, 0.4) is 0 Å². The van der Waals surface area contributed by atoms with Gasteiger partial charge in [0.25, 0.3) is 0 Å². The summed E-state index contributed by atoms with van der Waals surface area (Å²) in [5.41, 5.74) is 2.25. The molecule has 6 nitrogen and oxygen atoms in total. The molecule has 7 heteroatoms. The minimum Gasteiger partial charge on any atom is -0.373 e. The molecule has 122 valence electrons. The van der Waals surface area contributed by atoms with Crippen LogP contribution in [0.5, 0.6) is 0 Å². The lowest BCUT2D eigenvalue weighted by molar-refractivity contribution is -0.124. The molecule has 5 rings (SSSR count). The van der Waals surface area contributed by atoms with Crippen LogP contribution in [0.4, 0.5) is 5.69 Å². The highest BCUT2D eigenvalue weighted by atomic mass is 32.3. The van der Waals surface area contributed by atoms with E-state index in [0.29, 0.717) is 5.69 Å². The highest BCUT2D eigenvalue weighted by molar-refractivity contribution is 8.23. The second kappa shape index (κ2) is 4.36. The predicted octanol–water partition coefficient (Wildman–Crippen LogP) is 2.12. The zero-order chi connectivity index (χ0) is 15.9. The van der Waals surface area contributed by atoms with Crippen LogP contribution in [0.2, 0.25) is 0 Å². The Bertz CT molecular complexity index is 720. The summed E-state index contributed by atoms with van der Waals surface area (Å²) in [6.45, 7) is 0. The number of carbonyl (C=O) groups excluding carboxylic acids is 2. The molecule has 23 heavy (non-hydrogen) atoms. The number of benzene rings is 1. The smallest absolute Gasteiger partial charge is 0.240 e. The number of amides is 2. The van der Waals surface area contributed by atoms with Crippen LogP contribution in [0, 0.1) is 11.8 Å². The van der Waals surface area contributed by atoms with E-state index in [-0.39, 0.29) is 47.4 Å². The second-order valence-electron chi connectivity index (χ2n) is 6.90. The first-order valence-electron chi connectivity index (χ1n) is 7.83. The van der Waals surface area contributed by atoms with Crippen molar-refractivity contribution >= 4 is 28.1 Å². The van der Waals surface area contributed by atoms with Crippen LogP contribution < -0.4 is 4.90 Å². The van der Waals surface area contributed by atoms with Gasteiger partial charge in [-0.2, -0.15) is 10.6 Å². The molecular weight excluding hydrogens is 318 g/mol. The Morgan fingerprint density at radius 3 is 2.26 bits per heavy atom. The number of hydrogen-bond acceptors (Lipinski definition) is 5. The number of hydrogen-bond donors (Lipinski definition) is 2. The van der Waals surface area contributed by atoms with Crippen molar-refractivity contribution < 1.29 is 23.4 Å². The van der Waals surface area contributed by atoms with E-state index in [1.54, 1.807) is 18.2 Å². The first-order valence-corrected chi connectivity index (χ1v) is 9.72. The molecule has 2 N–H and O–H groups in total. The summed E-state index contributed by atoms with van der Waals surface area (Å²) in [7, 11) is -2.60. The van der Waals surface area contributed by atoms with Gasteiger partial charge in [-0.15, -0.1) is 0 Å². The van der Waals surface area contributed by atoms with E-state index in [0.717, 1.165) is 24.0 Å². The van der Waals surface area contributed by atoms with Crippen molar-refractivity contribution in [1.29, 1.82) is 0 Å². The van der Waals surface area contributed by atoms with Gasteiger partial charge >= 0.3 is 0 Å². The van der Waals surface area contributed by atoms with E-state index < -0.39 is 10.6 Å². The second-order valence-corrected chi connectivity index (χ2v) is 9.08. The maximum Gasteiger partial charge on any atom is 0.240 e. The van der Waals surface area contributed by atoms with Gasteiger partial charge < -0.3 is 4.74 Å². The van der Waals surface area contributed by atoms with Gasteiger partial charge in [-0.25, -0.2) is 4.90 Å². The van der Waals surface area contributed by atoms with Crippen molar-refractivity contribution in [1.82, 2.24) is 0 Å². The Kier molecular flexibility index (Phi) is 2.65. The predicted molar refractivity (Wildman–Crippen MR) is 84.1 cm³/mol. The summed E-state index contributed by atoms with van der Waals surface area (Å²) in [6, 6.07) is 5.29. The summed E-state index contributed by atoms with van der Waals surface area (Å²) in [5.74, 6) is -0.556. The van der Waals surface area contributed by atoms with Gasteiger partial charge in [0.2, 0.25) is 11.8 Å². The zero-order valence-corrected chi connectivity index (χ0v) is 13.2. The molecule has 0 spiro atoms. The van der Waals surface area contributed by atoms with E-state index in [1.165, 1.54) is 4.90 Å². The first kappa shape index (κ1) is 14.0. The Morgan fingerprint density at radius 1 is 1.00 bits per heavy atom. The normalized spacial score (nSPS) is 38.1. The minimum absolute atomic E-state index is 0.118. The van der Waals surface area contributed by atoms with Crippen molar-refractivity contribution in [3.8, 4) is 0 Å². The quantitative estimate of drug-likeness (QED) is 0.768. The van der Waals surface area contributed by atoms with Gasteiger partial charge in [0, 0.05) is 0 Å². The number of nitrogens with zero attached hydrogens (tertiary/aromatic N) is 1. The molecule has 0 radical (unpaired) electrons. The third-order valence-corrected chi connectivity index (χ3v) is 7.05. The summed E-state index contributed by atoms with van der Waals surface area (Å²) in [6.07, 6.45) is 1.47. The lowest BCUT2D eigenvalue weighted by atomic mass is 9.81. The molecule has 3 fully saturated rings. The molecule has 2 amide bonds. The molecule has 2 bridgehead atoms. The van der Waals surface area contributed by atoms with Gasteiger partial charge in [0.05, 0.1) is 41.2 Å². The van der Waals surface area contributed by atoms with Crippen LogP contribution in [0.15, 0.2) is 18.2 Å². The van der Waals surface area contributed by atoms with Gasteiger partial charge in [0.15, 0.2) is 0 Å². The Morgan fingerprint density at radius 2 is 1.61 bits per heavy atom. The number of ether oxygens (including phenoxy) is 1. The zero-order valence-electron chi connectivity index (χ0n) is 12.3. The van der Waals surface area contributed by atoms with Crippen LogP contribution >= 0.6 is 10.6 Å². The molecule has 4 aliphatic rings. The number of anilines is 1. The topological polar surface area (TPSA) is 87.1 Å². The maximum absolute atomic E-state index is 12.7. The molecule has 1 aromatic carbocycles. The molecule has 4 aliphatic heterocycles. The highest BCUT2D eigenvalue weighted by Gasteiger charge is 2.62. The van der Waals surface area contributed by atoms with E-state index >= 15 is 0 Å². The SMILES string of the molecule is O=C1[C@@H]2[C@H](C(=O)N1c1ccc3c(c1)CS(O)(O)C3)[C@H]1CC[C@@H]2O1.